The van der Waals surface area contributed by atoms with E-state index in [1.54, 1.807) is 0 Å². The van der Waals surface area contributed by atoms with E-state index in [0.29, 0.717) is 35.5 Å². The van der Waals surface area contributed by atoms with E-state index in [1.165, 1.54) is 17.5 Å². The molecule has 0 heterocycles. The summed E-state index contributed by atoms with van der Waals surface area (Å²) in [5, 5.41) is 29.9. The standard InChI is InChI=1S/C19H24O3/c1-10-2-4-12(5-3-10)18(9-16(20)21)14-6-11-8-19(14)13(17(11)22)7-15(18)19/h2-5,11,13-17,20-22H,6-9H2,1H3/t11?,13?,14?,15?,17-,18?,19?/m1/s1. The Hall–Kier alpha value is -0.900. The van der Waals surface area contributed by atoms with Crippen LogP contribution in [-0.4, -0.2) is 27.7 Å². The molecule has 1 aromatic carbocycles. The summed E-state index contributed by atoms with van der Waals surface area (Å²) in [6, 6.07) is 8.68. The van der Waals surface area contributed by atoms with Gasteiger partial charge in [0, 0.05) is 11.8 Å². The van der Waals surface area contributed by atoms with Gasteiger partial charge < -0.3 is 15.3 Å². The fraction of sp³-hybridized carbons (Fsp3) is 0.684. The minimum absolute atomic E-state index is 0.0761. The molecule has 0 radical (unpaired) electrons. The van der Waals surface area contributed by atoms with Gasteiger partial charge in [-0.15, -0.1) is 0 Å². The van der Waals surface area contributed by atoms with Gasteiger partial charge in [0.1, 0.15) is 0 Å². The highest BCUT2D eigenvalue weighted by molar-refractivity contribution is 5.44. The number of aliphatic hydroxyl groups is 3. The zero-order valence-corrected chi connectivity index (χ0v) is 12.9. The van der Waals surface area contributed by atoms with E-state index >= 15 is 0 Å². The van der Waals surface area contributed by atoms with Crippen molar-refractivity contribution in [3.05, 3.63) is 35.4 Å². The van der Waals surface area contributed by atoms with E-state index in [-0.39, 0.29) is 11.5 Å². The molecule has 3 nitrogen and oxygen atoms in total. The van der Waals surface area contributed by atoms with Gasteiger partial charge in [-0.25, -0.2) is 0 Å². The first-order valence-electron chi connectivity index (χ1n) is 8.61. The molecule has 3 heteroatoms. The Morgan fingerprint density at radius 2 is 1.82 bits per heavy atom. The van der Waals surface area contributed by atoms with E-state index in [0.717, 1.165) is 12.8 Å². The predicted octanol–water partition coefficient (Wildman–Crippen LogP) is 1.97. The fourth-order valence-electron chi connectivity index (χ4n) is 7.33. The van der Waals surface area contributed by atoms with E-state index in [2.05, 4.69) is 31.2 Å². The molecule has 5 rings (SSSR count). The lowest BCUT2D eigenvalue weighted by molar-refractivity contribution is -0.283. The average molecular weight is 300 g/mol. The molecule has 0 aromatic heterocycles. The summed E-state index contributed by atoms with van der Waals surface area (Å²) in [4.78, 5) is 0. The van der Waals surface area contributed by atoms with Crippen LogP contribution in [-0.2, 0) is 5.41 Å². The molecular weight excluding hydrogens is 276 g/mol. The van der Waals surface area contributed by atoms with Crippen molar-refractivity contribution in [2.45, 2.75) is 50.4 Å². The predicted molar refractivity (Wildman–Crippen MR) is 82.0 cm³/mol. The fourth-order valence-corrected chi connectivity index (χ4v) is 7.33. The molecule has 0 aliphatic heterocycles. The van der Waals surface area contributed by atoms with Gasteiger partial charge in [-0.1, -0.05) is 29.8 Å². The van der Waals surface area contributed by atoms with Gasteiger partial charge in [0.2, 0.25) is 0 Å². The van der Waals surface area contributed by atoms with Crippen molar-refractivity contribution in [1.29, 1.82) is 0 Å². The molecule has 0 saturated heterocycles. The van der Waals surface area contributed by atoms with Gasteiger partial charge >= 0.3 is 0 Å². The summed E-state index contributed by atoms with van der Waals surface area (Å²) in [5.41, 5.74) is 2.77. The molecule has 22 heavy (non-hydrogen) atoms. The lowest BCUT2D eigenvalue weighted by Gasteiger charge is -2.77. The van der Waals surface area contributed by atoms with Crippen LogP contribution in [0.4, 0.5) is 0 Å². The molecular formula is C19H24O3. The van der Waals surface area contributed by atoms with Crippen LogP contribution >= 0.6 is 0 Å². The van der Waals surface area contributed by atoms with Crippen molar-refractivity contribution in [2.24, 2.45) is 29.1 Å². The van der Waals surface area contributed by atoms with Crippen LogP contribution in [0.15, 0.2) is 24.3 Å². The van der Waals surface area contributed by atoms with Crippen LogP contribution in [0.5, 0.6) is 0 Å². The Morgan fingerprint density at radius 1 is 1.14 bits per heavy atom. The topological polar surface area (TPSA) is 60.7 Å². The third-order valence-corrected chi connectivity index (χ3v) is 7.88. The van der Waals surface area contributed by atoms with Gasteiger partial charge in [-0.3, -0.25) is 0 Å². The third-order valence-electron chi connectivity index (χ3n) is 7.88. The number of rotatable bonds is 3. The van der Waals surface area contributed by atoms with Crippen molar-refractivity contribution in [3.63, 3.8) is 0 Å². The van der Waals surface area contributed by atoms with Gasteiger partial charge in [-0.2, -0.15) is 0 Å². The Morgan fingerprint density at radius 3 is 2.45 bits per heavy atom. The molecule has 4 fully saturated rings. The Kier molecular flexibility index (Phi) is 2.43. The van der Waals surface area contributed by atoms with Crippen molar-refractivity contribution >= 4 is 0 Å². The second-order valence-electron chi connectivity index (χ2n) is 8.34. The first kappa shape index (κ1) is 13.5. The van der Waals surface area contributed by atoms with E-state index in [4.69, 9.17) is 0 Å². The third kappa shape index (κ3) is 1.24. The van der Waals surface area contributed by atoms with Gasteiger partial charge in [-0.05, 0) is 60.8 Å². The number of aryl methyl sites for hydroxylation is 1. The van der Waals surface area contributed by atoms with Crippen LogP contribution in [0.1, 0.15) is 36.8 Å². The van der Waals surface area contributed by atoms with E-state index < -0.39 is 6.29 Å². The first-order chi connectivity index (χ1) is 10.5. The molecule has 7 atom stereocenters. The maximum absolute atomic E-state index is 10.4. The minimum atomic E-state index is -1.25. The second kappa shape index (κ2) is 3.95. The Bertz CT molecular complexity index is 624. The number of fused-ring (bicyclic) bond motifs is 1. The van der Waals surface area contributed by atoms with Crippen molar-refractivity contribution < 1.29 is 15.3 Å². The van der Waals surface area contributed by atoms with Crippen LogP contribution in [0.2, 0.25) is 0 Å². The summed E-state index contributed by atoms with van der Waals surface area (Å²) >= 11 is 0. The number of benzene rings is 1. The number of hydrogen-bond donors (Lipinski definition) is 3. The Labute approximate surface area is 131 Å². The summed E-state index contributed by atoms with van der Waals surface area (Å²) < 4.78 is 0. The molecule has 4 aliphatic rings. The molecule has 1 spiro atoms. The normalized spacial score (nSPS) is 50.7. The van der Waals surface area contributed by atoms with Crippen LogP contribution in [0, 0.1) is 36.0 Å². The summed E-state index contributed by atoms with van der Waals surface area (Å²) in [6.45, 7) is 2.09. The van der Waals surface area contributed by atoms with Crippen molar-refractivity contribution in [1.82, 2.24) is 0 Å². The summed E-state index contributed by atoms with van der Waals surface area (Å²) in [7, 11) is 0. The smallest absolute Gasteiger partial charge is 0.152 e. The maximum Gasteiger partial charge on any atom is 0.152 e. The molecule has 1 aromatic rings. The number of aliphatic hydroxyl groups excluding tert-OH is 2. The van der Waals surface area contributed by atoms with Crippen molar-refractivity contribution in [2.75, 3.05) is 0 Å². The van der Waals surface area contributed by atoms with Crippen LogP contribution in [0.25, 0.3) is 0 Å². The minimum Gasteiger partial charge on any atom is -0.393 e. The molecule has 118 valence electrons. The monoisotopic (exact) mass is 300 g/mol. The Balaban J connectivity index is 1.60. The van der Waals surface area contributed by atoms with Crippen LogP contribution < -0.4 is 0 Å². The molecule has 6 unspecified atom stereocenters. The lowest BCUT2D eigenvalue weighted by atomic mass is 9.26. The summed E-state index contributed by atoms with van der Waals surface area (Å²) in [6.07, 6.45) is 2.40. The first-order valence-corrected chi connectivity index (χ1v) is 8.61. The highest BCUT2D eigenvalue weighted by Crippen LogP contribution is 2.87. The lowest BCUT2D eigenvalue weighted by Crippen LogP contribution is -2.76. The number of hydrogen-bond acceptors (Lipinski definition) is 3. The second-order valence-corrected chi connectivity index (χ2v) is 8.34. The van der Waals surface area contributed by atoms with E-state index in [1.807, 2.05) is 0 Å². The largest absolute Gasteiger partial charge is 0.393 e. The van der Waals surface area contributed by atoms with Gasteiger partial charge in [0.25, 0.3) is 0 Å². The quantitative estimate of drug-likeness (QED) is 0.748. The van der Waals surface area contributed by atoms with Crippen molar-refractivity contribution in [3.8, 4) is 0 Å². The highest BCUT2D eigenvalue weighted by Gasteiger charge is 2.85. The zero-order valence-electron chi connectivity index (χ0n) is 12.9. The highest BCUT2D eigenvalue weighted by atomic mass is 16.5. The molecule has 4 aliphatic carbocycles. The molecule has 2 bridgehead atoms. The zero-order chi connectivity index (χ0) is 15.3. The molecule has 0 amide bonds. The van der Waals surface area contributed by atoms with E-state index in [9.17, 15) is 15.3 Å². The summed E-state index contributed by atoms with van der Waals surface area (Å²) in [5.74, 6) is 1.99. The molecule has 4 saturated carbocycles. The SMILES string of the molecule is Cc1ccc(C2(CC(O)O)C3CC4CC35C(CC25)[C@@H]4O)cc1. The molecule has 3 N–H and O–H groups in total. The maximum atomic E-state index is 10.4. The van der Waals surface area contributed by atoms with Gasteiger partial charge in [0.15, 0.2) is 6.29 Å². The van der Waals surface area contributed by atoms with Gasteiger partial charge in [0.05, 0.1) is 6.10 Å². The van der Waals surface area contributed by atoms with Crippen LogP contribution in [0.3, 0.4) is 0 Å². The average Bonchev–Trinajstić information content (AvgIpc) is 2.95.